The molecule has 0 saturated carbocycles. The van der Waals surface area contributed by atoms with E-state index in [1.54, 1.807) is 0 Å². The second-order valence-corrected chi connectivity index (χ2v) is 13.4. The lowest BCUT2D eigenvalue weighted by atomic mass is 9.71. The van der Waals surface area contributed by atoms with Gasteiger partial charge in [0.2, 0.25) is 0 Å². The Labute approximate surface area is 255 Å². The number of hydrogen-bond acceptors (Lipinski definition) is 1. The predicted octanol–water partition coefficient (Wildman–Crippen LogP) is 11.4. The van der Waals surface area contributed by atoms with E-state index in [9.17, 15) is 0 Å². The van der Waals surface area contributed by atoms with E-state index in [0.717, 1.165) is 6.42 Å². The van der Waals surface area contributed by atoms with E-state index >= 15 is 0 Å². The van der Waals surface area contributed by atoms with Crippen molar-refractivity contribution in [2.45, 2.75) is 50.9 Å². The molecule has 0 aromatic heterocycles. The highest BCUT2D eigenvalue weighted by Gasteiger charge is 2.42. The summed E-state index contributed by atoms with van der Waals surface area (Å²) in [6.45, 7) is 9.60. The zero-order valence-electron chi connectivity index (χ0n) is 25.4. The fourth-order valence-corrected chi connectivity index (χ4v) is 7.89. The average molecular weight is 556 g/mol. The number of benzene rings is 5. The van der Waals surface area contributed by atoms with Crippen LogP contribution in [0.1, 0.15) is 67.9 Å². The van der Waals surface area contributed by atoms with E-state index in [-0.39, 0.29) is 10.8 Å². The van der Waals surface area contributed by atoms with E-state index in [4.69, 9.17) is 0 Å². The third-order valence-corrected chi connectivity index (χ3v) is 10.2. The summed E-state index contributed by atoms with van der Waals surface area (Å²) < 4.78 is 0. The molecule has 3 aliphatic rings. The van der Waals surface area contributed by atoms with Gasteiger partial charge in [-0.25, -0.2) is 0 Å². The molecule has 1 aliphatic heterocycles. The minimum atomic E-state index is -0.174. The maximum atomic E-state index is 2.57. The Morgan fingerprint density at radius 3 is 2.07 bits per heavy atom. The lowest BCUT2D eigenvalue weighted by molar-refractivity contribution is 0.627. The van der Waals surface area contributed by atoms with Gasteiger partial charge in [-0.15, -0.1) is 0 Å². The summed E-state index contributed by atoms with van der Waals surface area (Å²) in [6, 6.07) is 41.0. The van der Waals surface area contributed by atoms with Gasteiger partial charge in [-0.2, -0.15) is 0 Å². The predicted molar refractivity (Wildman–Crippen MR) is 182 cm³/mol. The van der Waals surface area contributed by atoms with Crippen molar-refractivity contribution in [3.8, 4) is 22.3 Å². The minimum Gasteiger partial charge on any atom is -0.310 e. The van der Waals surface area contributed by atoms with Crippen LogP contribution in [-0.2, 0) is 10.8 Å². The first-order chi connectivity index (χ1) is 20.9. The molecule has 0 spiro atoms. The van der Waals surface area contributed by atoms with Gasteiger partial charge in [0.1, 0.15) is 0 Å². The molecule has 0 amide bonds. The molecule has 0 bridgehead atoms. The fourth-order valence-electron chi connectivity index (χ4n) is 7.89. The van der Waals surface area contributed by atoms with Crippen molar-refractivity contribution in [1.82, 2.24) is 0 Å². The lowest BCUT2D eigenvalue weighted by Crippen LogP contribution is -2.32. The van der Waals surface area contributed by atoms with Crippen LogP contribution < -0.4 is 4.90 Å². The maximum Gasteiger partial charge on any atom is 0.0508 e. The molecule has 8 rings (SSSR count). The smallest absolute Gasteiger partial charge is 0.0508 e. The van der Waals surface area contributed by atoms with E-state index in [2.05, 4.69) is 166 Å². The third kappa shape index (κ3) is 3.84. The van der Waals surface area contributed by atoms with Crippen molar-refractivity contribution in [2.75, 3.05) is 4.90 Å². The Balaban J connectivity index is 1.39. The van der Waals surface area contributed by atoms with E-state index in [0.29, 0.717) is 5.92 Å². The van der Waals surface area contributed by atoms with Crippen LogP contribution in [0.3, 0.4) is 0 Å². The van der Waals surface area contributed by atoms with Gasteiger partial charge in [0.25, 0.3) is 0 Å². The topological polar surface area (TPSA) is 3.24 Å². The molecule has 2 aliphatic carbocycles. The van der Waals surface area contributed by atoms with Crippen molar-refractivity contribution in [3.63, 3.8) is 0 Å². The average Bonchev–Trinajstić information content (AvgIpc) is 3.29. The van der Waals surface area contributed by atoms with Crippen LogP contribution in [0.25, 0.3) is 22.3 Å². The molecule has 0 fully saturated rings. The quantitative estimate of drug-likeness (QED) is 0.214. The Kier molecular flexibility index (Phi) is 5.72. The summed E-state index contributed by atoms with van der Waals surface area (Å²) in [4.78, 5) is 2.57. The zero-order chi connectivity index (χ0) is 29.3. The Morgan fingerprint density at radius 2 is 1.28 bits per heavy atom. The van der Waals surface area contributed by atoms with Gasteiger partial charge < -0.3 is 4.90 Å². The monoisotopic (exact) mass is 555 g/mol. The summed E-state index contributed by atoms with van der Waals surface area (Å²) in [5.74, 6) is 0.408. The molecule has 1 unspecified atom stereocenters. The van der Waals surface area contributed by atoms with Crippen LogP contribution in [0.4, 0.5) is 17.1 Å². The first kappa shape index (κ1) is 26.0. The molecular formula is C42H37N. The summed E-state index contributed by atoms with van der Waals surface area (Å²) in [7, 11) is 0. The van der Waals surface area contributed by atoms with Crippen LogP contribution in [0.5, 0.6) is 0 Å². The highest BCUT2D eigenvalue weighted by Crippen LogP contribution is 2.58. The molecule has 0 N–H and O–H groups in total. The molecule has 210 valence electrons. The second-order valence-electron chi connectivity index (χ2n) is 13.4. The minimum absolute atomic E-state index is 0.112. The second kappa shape index (κ2) is 9.44. The van der Waals surface area contributed by atoms with E-state index < -0.39 is 0 Å². The normalized spacial score (nSPS) is 18.5. The molecule has 5 aromatic rings. The van der Waals surface area contributed by atoms with Crippen molar-refractivity contribution in [2.24, 2.45) is 0 Å². The number of allylic oxidation sites excluding steroid dienone is 4. The molecule has 1 atom stereocenters. The standard InChI is InChI=1S/C42H37N/c1-41(2)35-26-30(28-14-7-5-8-15-28)22-24-37(35)43(38-25-23-31(27-36(38)41)29-16-9-6-10-17-29)39-21-13-19-33-32-18-11-12-20-34(32)42(3,4)40(33)39/h5-16,18-27,29H,17H2,1-4H3. The van der Waals surface area contributed by atoms with Gasteiger partial charge in [-0.1, -0.05) is 137 Å². The zero-order valence-corrected chi connectivity index (χ0v) is 25.4. The van der Waals surface area contributed by atoms with Crippen LogP contribution in [-0.4, -0.2) is 0 Å². The fraction of sp³-hybridized carbons (Fsp3) is 0.190. The number of fused-ring (bicyclic) bond motifs is 5. The molecule has 1 nitrogen and oxygen atoms in total. The van der Waals surface area contributed by atoms with Crippen LogP contribution >= 0.6 is 0 Å². The van der Waals surface area contributed by atoms with Crippen molar-refractivity contribution in [3.05, 3.63) is 161 Å². The van der Waals surface area contributed by atoms with E-state index in [1.165, 1.54) is 67.1 Å². The van der Waals surface area contributed by atoms with Gasteiger partial charge in [-0.05, 0) is 80.8 Å². The van der Waals surface area contributed by atoms with E-state index in [1.807, 2.05) is 0 Å². The van der Waals surface area contributed by atoms with Gasteiger partial charge in [0.05, 0.1) is 17.1 Å². The SMILES string of the molecule is CC1(C)c2cc(-c3ccccc3)ccc2N(c2cccc3c2C(C)(C)c2ccccc2-3)c2ccc(C3C=CC=CC3)cc21. The summed E-state index contributed by atoms with van der Waals surface area (Å²) >= 11 is 0. The lowest BCUT2D eigenvalue weighted by Gasteiger charge is -2.44. The molecule has 0 saturated heterocycles. The largest absolute Gasteiger partial charge is 0.310 e. The van der Waals surface area contributed by atoms with Crippen LogP contribution in [0.2, 0.25) is 0 Å². The highest BCUT2D eigenvalue weighted by molar-refractivity contribution is 5.94. The number of anilines is 3. The molecule has 0 radical (unpaired) electrons. The molecule has 1 heterocycles. The molecular weight excluding hydrogens is 518 g/mol. The Morgan fingerprint density at radius 1 is 0.558 bits per heavy atom. The van der Waals surface area contributed by atoms with Gasteiger partial charge in [0.15, 0.2) is 0 Å². The van der Waals surface area contributed by atoms with Gasteiger partial charge >= 0.3 is 0 Å². The summed E-state index contributed by atoms with van der Waals surface area (Å²) in [6.07, 6.45) is 10.0. The first-order valence-electron chi connectivity index (χ1n) is 15.6. The van der Waals surface area contributed by atoms with Crippen LogP contribution in [0.15, 0.2) is 133 Å². The van der Waals surface area contributed by atoms with Gasteiger partial charge in [0, 0.05) is 16.7 Å². The van der Waals surface area contributed by atoms with Crippen molar-refractivity contribution < 1.29 is 0 Å². The molecule has 43 heavy (non-hydrogen) atoms. The maximum absolute atomic E-state index is 2.57. The number of hydrogen-bond donors (Lipinski definition) is 0. The van der Waals surface area contributed by atoms with Crippen molar-refractivity contribution in [1.29, 1.82) is 0 Å². The van der Waals surface area contributed by atoms with Gasteiger partial charge in [-0.3, -0.25) is 0 Å². The third-order valence-electron chi connectivity index (χ3n) is 10.2. The molecule has 1 heteroatoms. The number of nitrogens with zero attached hydrogens (tertiary/aromatic N) is 1. The number of rotatable bonds is 3. The van der Waals surface area contributed by atoms with Crippen molar-refractivity contribution >= 4 is 17.1 Å². The Bertz CT molecular complexity index is 1950. The molecule has 5 aromatic carbocycles. The highest BCUT2D eigenvalue weighted by atomic mass is 15.2. The first-order valence-corrected chi connectivity index (χ1v) is 15.6. The summed E-state index contributed by atoms with van der Waals surface area (Å²) in [5, 5.41) is 0. The van der Waals surface area contributed by atoms with Crippen LogP contribution in [0, 0.1) is 0 Å². The summed E-state index contributed by atoms with van der Waals surface area (Å²) in [5.41, 5.74) is 15.7. The Hall–Kier alpha value is -4.62.